The first kappa shape index (κ1) is 24.4. The number of benzene rings is 1. The van der Waals surface area contributed by atoms with Crippen LogP contribution in [0.3, 0.4) is 0 Å². The molecule has 0 amide bonds. The molecule has 1 atom stereocenters. The quantitative estimate of drug-likeness (QED) is 0.297. The number of ether oxygens (including phenoxy) is 4. The Bertz CT molecular complexity index is 1020. The Morgan fingerprint density at radius 1 is 1.24 bits per heavy atom. The maximum absolute atomic E-state index is 12.6. The van der Waals surface area contributed by atoms with Crippen LogP contribution in [0.25, 0.3) is 6.08 Å². The second-order valence-electron chi connectivity index (χ2n) is 7.68. The maximum Gasteiger partial charge on any atom is 0.387 e. The Morgan fingerprint density at radius 3 is 2.70 bits per heavy atom. The Morgan fingerprint density at radius 2 is 2.03 bits per heavy atom. The average Bonchev–Trinajstić information content (AvgIpc) is 3.40. The van der Waals surface area contributed by atoms with Gasteiger partial charge in [-0.1, -0.05) is 6.07 Å². The summed E-state index contributed by atoms with van der Waals surface area (Å²) in [7, 11) is 1.32. The van der Waals surface area contributed by atoms with Crippen molar-refractivity contribution in [1.29, 1.82) is 0 Å². The highest BCUT2D eigenvalue weighted by Crippen LogP contribution is 2.30. The van der Waals surface area contributed by atoms with Gasteiger partial charge in [-0.15, -0.1) is 0 Å². The summed E-state index contributed by atoms with van der Waals surface area (Å²) < 4.78 is 47.0. The van der Waals surface area contributed by atoms with Gasteiger partial charge in [0.25, 0.3) is 0 Å². The molecule has 1 saturated heterocycles. The molecule has 0 aliphatic carbocycles. The van der Waals surface area contributed by atoms with E-state index < -0.39 is 19.2 Å². The Kier molecular flexibility index (Phi) is 8.21. The molecular formula is C24H27F2NO6. The van der Waals surface area contributed by atoms with E-state index in [9.17, 15) is 18.4 Å². The molecule has 1 aliphatic rings. The molecule has 7 nitrogen and oxygen atoms in total. The van der Waals surface area contributed by atoms with Crippen molar-refractivity contribution < 1.29 is 37.3 Å². The lowest BCUT2D eigenvalue weighted by Crippen LogP contribution is -2.18. The van der Waals surface area contributed by atoms with Gasteiger partial charge in [-0.2, -0.15) is 8.78 Å². The molecule has 178 valence electrons. The third-order valence-corrected chi connectivity index (χ3v) is 5.45. The van der Waals surface area contributed by atoms with Crippen molar-refractivity contribution in [2.75, 3.05) is 20.3 Å². The van der Waals surface area contributed by atoms with Gasteiger partial charge in [0.05, 0.1) is 13.2 Å². The SMILES string of the molecule is COc1cc(C=CC(=O)OCC(=O)c2cc(C)n(CC3CCCO3)c2C)ccc1OC(F)F. The Hall–Kier alpha value is -3.20. The van der Waals surface area contributed by atoms with Crippen LogP contribution in [-0.4, -0.2) is 49.4 Å². The number of hydrogen-bond donors (Lipinski definition) is 0. The minimum atomic E-state index is -2.98. The van der Waals surface area contributed by atoms with Crippen LogP contribution in [0.1, 0.15) is 40.2 Å². The van der Waals surface area contributed by atoms with Crippen molar-refractivity contribution in [3.8, 4) is 11.5 Å². The molecule has 0 N–H and O–H groups in total. The predicted molar refractivity (Wildman–Crippen MR) is 117 cm³/mol. The minimum Gasteiger partial charge on any atom is -0.493 e. The summed E-state index contributed by atoms with van der Waals surface area (Å²) in [5.41, 5.74) is 2.79. The summed E-state index contributed by atoms with van der Waals surface area (Å²) in [6.45, 7) is 1.88. The summed E-state index contributed by atoms with van der Waals surface area (Å²) in [6.07, 6.45) is 4.76. The van der Waals surface area contributed by atoms with Crippen molar-refractivity contribution in [3.63, 3.8) is 0 Å². The lowest BCUT2D eigenvalue weighted by atomic mass is 10.1. The maximum atomic E-state index is 12.6. The monoisotopic (exact) mass is 463 g/mol. The molecule has 0 radical (unpaired) electrons. The lowest BCUT2D eigenvalue weighted by Gasteiger charge is -2.14. The van der Waals surface area contributed by atoms with E-state index in [1.807, 2.05) is 13.8 Å². The molecule has 3 rings (SSSR count). The topological polar surface area (TPSA) is 76.0 Å². The van der Waals surface area contributed by atoms with Gasteiger partial charge in [0.15, 0.2) is 18.1 Å². The van der Waals surface area contributed by atoms with Crippen LogP contribution < -0.4 is 9.47 Å². The number of aromatic nitrogens is 1. The molecule has 9 heteroatoms. The van der Waals surface area contributed by atoms with Crippen molar-refractivity contribution in [3.05, 3.63) is 52.9 Å². The molecular weight excluding hydrogens is 436 g/mol. The van der Waals surface area contributed by atoms with Gasteiger partial charge in [-0.3, -0.25) is 4.79 Å². The standard InChI is InChI=1S/C24H27F2NO6/c1-15-11-19(16(2)27(15)13-18-5-4-10-31-18)20(28)14-32-23(29)9-7-17-6-8-21(33-24(25)26)22(12-17)30-3/h6-9,11-12,18,24H,4-5,10,13-14H2,1-3H3. The molecule has 33 heavy (non-hydrogen) atoms. The largest absolute Gasteiger partial charge is 0.493 e. The summed E-state index contributed by atoms with van der Waals surface area (Å²) in [6, 6.07) is 6.03. The lowest BCUT2D eigenvalue weighted by molar-refractivity contribution is -0.136. The molecule has 1 aliphatic heterocycles. The van der Waals surface area contributed by atoms with E-state index in [1.54, 1.807) is 6.07 Å². The van der Waals surface area contributed by atoms with Crippen molar-refractivity contribution in [1.82, 2.24) is 4.57 Å². The van der Waals surface area contributed by atoms with E-state index in [-0.39, 0.29) is 23.4 Å². The zero-order valence-corrected chi connectivity index (χ0v) is 18.8. The zero-order valence-electron chi connectivity index (χ0n) is 18.8. The molecule has 1 aromatic heterocycles. The third kappa shape index (κ3) is 6.41. The van der Waals surface area contributed by atoms with E-state index in [2.05, 4.69) is 9.30 Å². The highest BCUT2D eigenvalue weighted by Gasteiger charge is 2.21. The zero-order chi connectivity index (χ0) is 24.0. The van der Waals surface area contributed by atoms with Crippen LogP contribution in [-0.2, 0) is 20.8 Å². The first-order valence-corrected chi connectivity index (χ1v) is 10.6. The van der Waals surface area contributed by atoms with Gasteiger partial charge in [0.1, 0.15) is 0 Å². The van der Waals surface area contributed by atoms with Crippen molar-refractivity contribution in [2.45, 2.75) is 45.9 Å². The van der Waals surface area contributed by atoms with Gasteiger partial charge in [-0.05, 0) is 56.5 Å². The minimum absolute atomic E-state index is 0.0966. The number of hydrogen-bond acceptors (Lipinski definition) is 6. The second-order valence-corrected chi connectivity index (χ2v) is 7.68. The number of rotatable bonds is 10. The molecule has 2 heterocycles. The van der Waals surface area contributed by atoms with E-state index in [0.717, 1.165) is 36.9 Å². The van der Waals surface area contributed by atoms with Gasteiger partial charge < -0.3 is 23.5 Å². The highest BCUT2D eigenvalue weighted by atomic mass is 19.3. The van der Waals surface area contributed by atoms with Gasteiger partial charge in [-0.25, -0.2) is 4.79 Å². The summed E-state index contributed by atoms with van der Waals surface area (Å²) in [5, 5.41) is 0. The first-order chi connectivity index (χ1) is 15.8. The second kappa shape index (κ2) is 11.1. The molecule has 0 bridgehead atoms. The van der Waals surface area contributed by atoms with Gasteiger partial charge in [0, 0.05) is 36.2 Å². The van der Waals surface area contributed by atoms with E-state index >= 15 is 0 Å². The fourth-order valence-corrected chi connectivity index (χ4v) is 3.76. The number of esters is 1. The van der Waals surface area contributed by atoms with Crippen LogP contribution in [0, 0.1) is 13.8 Å². The molecule has 2 aromatic rings. The number of carbonyl (C=O) groups is 2. The van der Waals surface area contributed by atoms with Crippen molar-refractivity contribution >= 4 is 17.8 Å². The number of Topliss-reactive ketones (excluding diaryl/α,β-unsaturated/α-hetero) is 1. The van der Waals surface area contributed by atoms with E-state index in [1.165, 1.54) is 31.4 Å². The van der Waals surface area contributed by atoms with Crippen LogP contribution in [0.2, 0.25) is 0 Å². The first-order valence-electron chi connectivity index (χ1n) is 10.6. The van der Waals surface area contributed by atoms with Crippen molar-refractivity contribution in [2.24, 2.45) is 0 Å². The van der Waals surface area contributed by atoms with Crippen LogP contribution in [0.5, 0.6) is 11.5 Å². The number of carbonyl (C=O) groups excluding carboxylic acids is 2. The highest BCUT2D eigenvalue weighted by molar-refractivity contribution is 6.00. The third-order valence-electron chi connectivity index (χ3n) is 5.45. The predicted octanol–water partition coefficient (Wildman–Crippen LogP) is 4.33. The molecule has 1 aromatic carbocycles. The molecule has 0 spiro atoms. The van der Waals surface area contributed by atoms with Crippen LogP contribution in [0.15, 0.2) is 30.3 Å². The average molecular weight is 463 g/mol. The number of alkyl halides is 2. The number of methoxy groups -OCH3 is 1. The van der Waals surface area contributed by atoms with E-state index in [0.29, 0.717) is 17.7 Å². The number of ketones is 1. The van der Waals surface area contributed by atoms with Crippen LogP contribution in [0.4, 0.5) is 8.78 Å². The normalized spacial score (nSPS) is 15.9. The number of nitrogens with zero attached hydrogens (tertiary/aromatic N) is 1. The Balaban J connectivity index is 1.57. The Labute approximate surface area is 190 Å². The van der Waals surface area contributed by atoms with Crippen LogP contribution >= 0.6 is 0 Å². The van der Waals surface area contributed by atoms with E-state index in [4.69, 9.17) is 14.2 Å². The van der Waals surface area contributed by atoms with Gasteiger partial charge in [0.2, 0.25) is 5.78 Å². The molecule has 1 unspecified atom stereocenters. The summed E-state index contributed by atoms with van der Waals surface area (Å²) in [5.74, 6) is -1.02. The summed E-state index contributed by atoms with van der Waals surface area (Å²) in [4.78, 5) is 24.7. The smallest absolute Gasteiger partial charge is 0.387 e. The van der Waals surface area contributed by atoms with Gasteiger partial charge >= 0.3 is 12.6 Å². The molecule has 0 saturated carbocycles. The summed E-state index contributed by atoms with van der Waals surface area (Å²) >= 11 is 0. The fraction of sp³-hybridized carbons (Fsp3) is 0.417. The molecule has 1 fully saturated rings. The number of aryl methyl sites for hydroxylation is 1. The number of halogens is 2. The fourth-order valence-electron chi connectivity index (χ4n) is 3.76.